The molecule has 1 saturated heterocycles. The van der Waals surface area contributed by atoms with Crippen LogP contribution in [-0.4, -0.2) is 61.0 Å². The van der Waals surface area contributed by atoms with Gasteiger partial charge in [0.25, 0.3) is 0 Å². The Morgan fingerprint density at radius 2 is 1.81 bits per heavy atom. The third-order valence-corrected chi connectivity index (χ3v) is 7.03. The van der Waals surface area contributed by atoms with Crippen LogP contribution >= 0.6 is 11.6 Å². The lowest BCUT2D eigenvalue weighted by Crippen LogP contribution is -2.49. The van der Waals surface area contributed by atoms with Gasteiger partial charge >= 0.3 is 0 Å². The van der Waals surface area contributed by atoms with Gasteiger partial charge in [-0.1, -0.05) is 17.7 Å². The molecule has 31 heavy (non-hydrogen) atoms. The third-order valence-electron chi connectivity index (χ3n) is 4.88. The Morgan fingerprint density at radius 1 is 1.00 bits per heavy atom. The third kappa shape index (κ3) is 4.71. The molecule has 1 aromatic carbocycles. The summed E-state index contributed by atoms with van der Waals surface area (Å²) in [4.78, 5) is 14.9. The number of pyridine rings is 1. The molecule has 11 heteroatoms. The van der Waals surface area contributed by atoms with Crippen LogP contribution in [0.2, 0.25) is 5.02 Å². The molecule has 0 unspecified atom stereocenters. The molecular formula is C20H21ClN6O3S. The predicted molar refractivity (Wildman–Crippen MR) is 119 cm³/mol. The Hall–Kier alpha value is -2.95. The molecule has 1 aliphatic heterocycles. The number of methoxy groups -OCH3 is 1. The van der Waals surface area contributed by atoms with Gasteiger partial charge in [-0.15, -0.1) is 0 Å². The summed E-state index contributed by atoms with van der Waals surface area (Å²) >= 11 is 6.02. The molecule has 0 saturated carbocycles. The van der Waals surface area contributed by atoms with Gasteiger partial charge in [-0.05, 0) is 30.3 Å². The van der Waals surface area contributed by atoms with E-state index in [1.54, 1.807) is 18.3 Å². The van der Waals surface area contributed by atoms with Gasteiger partial charge < -0.3 is 15.0 Å². The Bertz CT molecular complexity index is 1150. The summed E-state index contributed by atoms with van der Waals surface area (Å²) in [5.74, 6) is 2.28. The van der Waals surface area contributed by atoms with E-state index in [4.69, 9.17) is 16.3 Å². The summed E-state index contributed by atoms with van der Waals surface area (Å²) in [5, 5.41) is 3.47. The number of nitrogens with zero attached hydrogens (tertiary/aromatic N) is 5. The van der Waals surface area contributed by atoms with Gasteiger partial charge in [0.05, 0.1) is 7.11 Å². The van der Waals surface area contributed by atoms with Gasteiger partial charge in [-0.25, -0.2) is 23.4 Å². The van der Waals surface area contributed by atoms with Crippen molar-refractivity contribution in [3.05, 3.63) is 60.0 Å². The van der Waals surface area contributed by atoms with E-state index >= 15 is 0 Å². The minimum Gasteiger partial charge on any atom is -0.495 e. The van der Waals surface area contributed by atoms with Crippen molar-refractivity contribution in [1.29, 1.82) is 0 Å². The van der Waals surface area contributed by atoms with Crippen LogP contribution in [0.15, 0.2) is 59.9 Å². The molecule has 0 bridgehead atoms. The molecule has 3 aromatic rings. The molecule has 162 valence electrons. The maximum Gasteiger partial charge on any atom is 0.246 e. The zero-order valence-corrected chi connectivity index (χ0v) is 18.3. The number of hydrogen-bond acceptors (Lipinski definition) is 8. The summed E-state index contributed by atoms with van der Waals surface area (Å²) in [7, 11) is -2.30. The Balaban J connectivity index is 1.47. The largest absolute Gasteiger partial charge is 0.495 e. The first kappa shape index (κ1) is 21.3. The lowest BCUT2D eigenvalue weighted by atomic mass is 10.3. The Kier molecular flexibility index (Phi) is 6.21. The van der Waals surface area contributed by atoms with E-state index in [9.17, 15) is 8.42 Å². The highest BCUT2D eigenvalue weighted by Gasteiger charge is 2.31. The van der Waals surface area contributed by atoms with Gasteiger partial charge in [-0.3, -0.25) is 0 Å². The van der Waals surface area contributed by atoms with Crippen LogP contribution in [0, 0.1) is 0 Å². The van der Waals surface area contributed by atoms with Crippen LogP contribution in [0.5, 0.6) is 5.75 Å². The molecule has 0 radical (unpaired) electrons. The SMILES string of the molecule is COc1ccc(Cl)cc1S(=O)(=O)N1CCN(c2cc(Nc3ccccn3)ncn2)CC1. The van der Waals surface area contributed by atoms with Gasteiger partial charge in [0.15, 0.2) is 0 Å². The highest BCUT2D eigenvalue weighted by Crippen LogP contribution is 2.30. The van der Waals surface area contributed by atoms with E-state index in [0.29, 0.717) is 48.7 Å². The van der Waals surface area contributed by atoms with Crippen LogP contribution in [0.1, 0.15) is 0 Å². The molecule has 1 N–H and O–H groups in total. The Morgan fingerprint density at radius 3 is 2.52 bits per heavy atom. The molecule has 3 heterocycles. The van der Waals surface area contributed by atoms with Crippen molar-refractivity contribution in [2.24, 2.45) is 0 Å². The molecule has 2 aromatic heterocycles. The molecular weight excluding hydrogens is 440 g/mol. The maximum atomic E-state index is 13.1. The molecule has 1 aliphatic rings. The monoisotopic (exact) mass is 460 g/mol. The van der Waals surface area contributed by atoms with Crippen molar-refractivity contribution >= 4 is 39.1 Å². The first-order valence-corrected chi connectivity index (χ1v) is 11.4. The number of anilines is 3. The van der Waals surface area contributed by atoms with E-state index in [0.717, 1.165) is 0 Å². The molecule has 0 spiro atoms. The van der Waals surface area contributed by atoms with Crippen LogP contribution in [0.25, 0.3) is 0 Å². The van der Waals surface area contributed by atoms with Crippen molar-refractivity contribution in [3.63, 3.8) is 0 Å². The van der Waals surface area contributed by atoms with Crippen LogP contribution in [0.3, 0.4) is 0 Å². The number of hydrogen-bond donors (Lipinski definition) is 1. The molecule has 0 atom stereocenters. The zero-order valence-electron chi connectivity index (χ0n) is 16.8. The van der Waals surface area contributed by atoms with Gasteiger partial charge in [0.2, 0.25) is 10.0 Å². The second kappa shape index (κ2) is 9.04. The quantitative estimate of drug-likeness (QED) is 0.599. The summed E-state index contributed by atoms with van der Waals surface area (Å²) in [6.45, 7) is 1.60. The zero-order chi connectivity index (χ0) is 21.8. The summed E-state index contributed by atoms with van der Waals surface area (Å²) in [6.07, 6.45) is 3.17. The molecule has 0 aliphatic carbocycles. The first-order valence-electron chi connectivity index (χ1n) is 9.56. The minimum atomic E-state index is -3.74. The number of rotatable bonds is 6. The van der Waals surface area contributed by atoms with Crippen LogP contribution in [0.4, 0.5) is 17.5 Å². The van der Waals surface area contributed by atoms with E-state index in [1.165, 1.54) is 23.8 Å². The van der Waals surface area contributed by atoms with Crippen molar-refractivity contribution in [2.75, 3.05) is 43.5 Å². The minimum absolute atomic E-state index is 0.0693. The average Bonchev–Trinajstić information content (AvgIpc) is 2.80. The van der Waals surface area contributed by atoms with Crippen molar-refractivity contribution in [1.82, 2.24) is 19.3 Å². The number of benzene rings is 1. The van der Waals surface area contributed by atoms with E-state index in [-0.39, 0.29) is 10.6 Å². The van der Waals surface area contributed by atoms with Crippen LogP contribution in [-0.2, 0) is 10.0 Å². The fraction of sp³-hybridized carbons (Fsp3) is 0.250. The second-order valence-electron chi connectivity index (χ2n) is 6.79. The number of piperazine rings is 1. The molecule has 0 amide bonds. The number of ether oxygens (including phenoxy) is 1. The summed E-state index contributed by atoms with van der Waals surface area (Å²) in [5.41, 5.74) is 0. The average molecular weight is 461 g/mol. The van der Waals surface area contributed by atoms with Gasteiger partial charge in [0, 0.05) is 43.5 Å². The lowest BCUT2D eigenvalue weighted by Gasteiger charge is -2.34. The fourth-order valence-corrected chi connectivity index (χ4v) is 5.15. The topological polar surface area (TPSA) is 101 Å². The molecule has 4 rings (SSSR count). The predicted octanol–water partition coefficient (Wildman–Crippen LogP) is 2.79. The van der Waals surface area contributed by atoms with Crippen molar-refractivity contribution in [2.45, 2.75) is 4.90 Å². The Labute approximate surface area is 185 Å². The normalized spacial score (nSPS) is 15.0. The number of halogens is 1. The molecule has 1 fully saturated rings. The lowest BCUT2D eigenvalue weighted by molar-refractivity contribution is 0.373. The smallest absolute Gasteiger partial charge is 0.246 e. The van der Waals surface area contributed by atoms with E-state index in [1.807, 2.05) is 29.2 Å². The molecule has 9 nitrogen and oxygen atoms in total. The highest BCUT2D eigenvalue weighted by atomic mass is 35.5. The fourth-order valence-electron chi connectivity index (χ4n) is 3.31. The maximum absolute atomic E-state index is 13.1. The summed E-state index contributed by atoms with van der Waals surface area (Å²) < 4.78 is 33.0. The van der Waals surface area contributed by atoms with E-state index in [2.05, 4.69) is 20.3 Å². The van der Waals surface area contributed by atoms with Gasteiger partial charge in [0.1, 0.15) is 34.4 Å². The van der Waals surface area contributed by atoms with Crippen molar-refractivity contribution in [3.8, 4) is 5.75 Å². The summed E-state index contributed by atoms with van der Waals surface area (Å²) in [6, 6.07) is 12.0. The number of sulfonamides is 1. The first-order chi connectivity index (χ1) is 15.0. The number of aromatic nitrogens is 3. The van der Waals surface area contributed by atoms with E-state index < -0.39 is 10.0 Å². The van der Waals surface area contributed by atoms with Crippen LogP contribution < -0.4 is 15.0 Å². The standard InChI is InChI=1S/C20H21ClN6O3S/c1-30-16-6-5-15(21)12-17(16)31(28,29)27-10-8-26(9-11-27)20-13-19(23-14-24-20)25-18-4-2-3-7-22-18/h2-7,12-14H,8-11H2,1H3,(H,22,23,24,25). The van der Waals surface area contributed by atoms with Crippen molar-refractivity contribution < 1.29 is 13.2 Å². The number of nitrogens with one attached hydrogen (secondary N) is 1. The highest BCUT2D eigenvalue weighted by molar-refractivity contribution is 7.89. The second-order valence-corrected chi connectivity index (χ2v) is 9.13. The van der Waals surface area contributed by atoms with Gasteiger partial charge in [-0.2, -0.15) is 4.31 Å².